The molecule has 1 aliphatic heterocycles. The minimum atomic E-state index is -1.31. The number of rotatable bonds is 4. The molecule has 1 amide bonds. The number of hydrogen-bond donors (Lipinski definition) is 1. The average Bonchev–Trinajstić information content (AvgIpc) is 3.29. The van der Waals surface area contributed by atoms with Crippen LogP contribution in [0.5, 0.6) is 5.75 Å². The molecule has 0 saturated carbocycles. The molecule has 2 aromatic carbocycles. The van der Waals surface area contributed by atoms with Gasteiger partial charge in [-0.15, -0.1) is 0 Å². The molecule has 32 heavy (non-hydrogen) atoms. The molecule has 164 valence electrons. The van der Waals surface area contributed by atoms with E-state index in [0.717, 1.165) is 17.0 Å². The van der Waals surface area contributed by atoms with Crippen molar-refractivity contribution >= 4 is 34.7 Å². The molecule has 0 bridgehead atoms. The smallest absolute Gasteiger partial charge is 0.300 e. The number of aliphatic hydroxyl groups excluding tert-OH is 1. The van der Waals surface area contributed by atoms with Crippen LogP contribution in [-0.2, 0) is 9.59 Å². The Kier molecular flexibility index (Phi) is 5.48. The monoisotopic (exact) mass is 459 g/mol. The Balaban J connectivity index is 2.00. The summed E-state index contributed by atoms with van der Waals surface area (Å²) in [7, 11) is 1.36. The predicted molar refractivity (Wildman–Crippen MR) is 113 cm³/mol. The van der Waals surface area contributed by atoms with Gasteiger partial charge >= 0.3 is 0 Å². The van der Waals surface area contributed by atoms with Crippen molar-refractivity contribution < 1.29 is 32.6 Å². The molecule has 1 aliphatic rings. The van der Waals surface area contributed by atoms with Crippen molar-refractivity contribution in [2.45, 2.75) is 13.0 Å². The fraction of sp³-hybridized carbons (Fsp3) is 0.130. The van der Waals surface area contributed by atoms with E-state index in [0.29, 0.717) is 11.8 Å². The SMILES string of the molecule is COc1ccc(Cl)cc1/C(O)=C1/C(=O)C(=O)N(c2ccc(F)cc2F)C1c1ccc(C)o1. The number of amides is 1. The van der Waals surface area contributed by atoms with Gasteiger partial charge in [0.15, 0.2) is 0 Å². The number of hydrogen-bond acceptors (Lipinski definition) is 5. The van der Waals surface area contributed by atoms with E-state index in [-0.39, 0.29) is 33.4 Å². The van der Waals surface area contributed by atoms with Crippen LogP contribution in [0.1, 0.15) is 23.1 Å². The normalized spacial score (nSPS) is 17.8. The lowest BCUT2D eigenvalue weighted by atomic mass is 9.98. The molecular weight excluding hydrogens is 444 g/mol. The van der Waals surface area contributed by atoms with Gasteiger partial charge in [-0.25, -0.2) is 8.78 Å². The summed E-state index contributed by atoms with van der Waals surface area (Å²) in [5, 5.41) is 11.4. The predicted octanol–water partition coefficient (Wildman–Crippen LogP) is 5.15. The van der Waals surface area contributed by atoms with Crippen molar-refractivity contribution in [2.75, 3.05) is 12.0 Å². The van der Waals surface area contributed by atoms with Gasteiger partial charge in [0.05, 0.1) is 23.9 Å². The Labute approximate surface area is 186 Å². The van der Waals surface area contributed by atoms with Crippen LogP contribution in [0.15, 0.2) is 58.5 Å². The molecule has 3 aromatic rings. The Bertz CT molecular complexity index is 1280. The topological polar surface area (TPSA) is 80.0 Å². The molecular formula is C23H16ClF2NO5. The molecule has 1 unspecified atom stereocenters. The van der Waals surface area contributed by atoms with E-state index >= 15 is 0 Å². The maximum Gasteiger partial charge on any atom is 0.300 e. The summed E-state index contributed by atoms with van der Waals surface area (Å²) in [4.78, 5) is 26.8. The molecule has 6 nitrogen and oxygen atoms in total. The highest BCUT2D eigenvalue weighted by Crippen LogP contribution is 2.44. The van der Waals surface area contributed by atoms with E-state index in [9.17, 15) is 23.5 Å². The third-order valence-corrected chi connectivity index (χ3v) is 5.30. The van der Waals surface area contributed by atoms with Gasteiger partial charge in [0, 0.05) is 11.1 Å². The number of aryl methyl sites for hydroxylation is 1. The van der Waals surface area contributed by atoms with E-state index in [2.05, 4.69) is 0 Å². The molecule has 0 radical (unpaired) electrons. The summed E-state index contributed by atoms with van der Waals surface area (Å²) in [5.41, 5.74) is -0.635. The van der Waals surface area contributed by atoms with Crippen LogP contribution in [0.25, 0.3) is 5.76 Å². The number of furan rings is 1. The van der Waals surface area contributed by atoms with Gasteiger partial charge in [0.25, 0.3) is 11.7 Å². The quantitative estimate of drug-likeness (QED) is 0.331. The third kappa shape index (κ3) is 3.52. The summed E-state index contributed by atoms with van der Waals surface area (Å²) in [5.74, 6) is -3.91. The Morgan fingerprint density at radius 1 is 1.12 bits per heavy atom. The second kappa shape index (κ2) is 8.12. The third-order valence-electron chi connectivity index (χ3n) is 5.06. The molecule has 1 aromatic heterocycles. The first-order valence-corrected chi connectivity index (χ1v) is 9.77. The Hall–Kier alpha value is -3.65. The number of halogens is 3. The molecule has 1 fully saturated rings. The van der Waals surface area contributed by atoms with Crippen LogP contribution in [0.2, 0.25) is 5.02 Å². The van der Waals surface area contributed by atoms with Crippen LogP contribution in [0.3, 0.4) is 0 Å². The fourth-order valence-electron chi connectivity index (χ4n) is 3.64. The number of ether oxygens (including phenoxy) is 1. The van der Waals surface area contributed by atoms with Crippen molar-refractivity contribution in [3.8, 4) is 5.75 Å². The number of Topliss-reactive ketones (excluding diaryl/α,β-unsaturated/α-hetero) is 1. The number of benzene rings is 2. The van der Waals surface area contributed by atoms with Crippen LogP contribution in [-0.4, -0.2) is 23.9 Å². The number of aliphatic hydroxyl groups is 1. The van der Waals surface area contributed by atoms with Gasteiger partial charge in [0.1, 0.15) is 40.7 Å². The van der Waals surface area contributed by atoms with Crippen molar-refractivity contribution in [1.82, 2.24) is 0 Å². The highest BCUT2D eigenvalue weighted by atomic mass is 35.5. The lowest BCUT2D eigenvalue weighted by Gasteiger charge is -2.24. The van der Waals surface area contributed by atoms with Crippen molar-refractivity contribution in [3.63, 3.8) is 0 Å². The summed E-state index contributed by atoms with van der Waals surface area (Å²) in [6.07, 6.45) is 0. The molecule has 0 aliphatic carbocycles. The van der Waals surface area contributed by atoms with Crippen LogP contribution in [0.4, 0.5) is 14.5 Å². The number of anilines is 1. The first-order valence-electron chi connectivity index (χ1n) is 9.39. The van der Waals surface area contributed by atoms with E-state index in [1.54, 1.807) is 13.0 Å². The summed E-state index contributed by atoms with van der Waals surface area (Å²) < 4.78 is 39.0. The first kappa shape index (κ1) is 21.6. The average molecular weight is 460 g/mol. The zero-order valence-corrected chi connectivity index (χ0v) is 17.6. The lowest BCUT2D eigenvalue weighted by Crippen LogP contribution is -2.30. The number of carbonyl (C=O) groups excluding carboxylic acids is 2. The van der Waals surface area contributed by atoms with E-state index in [1.165, 1.54) is 31.4 Å². The minimum Gasteiger partial charge on any atom is -0.507 e. The van der Waals surface area contributed by atoms with E-state index < -0.39 is 35.1 Å². The van der Waals surface area contributed by atoms with Crippen LogP contribution < -0.4 is 9.64 Å². The second-order valence-electron chi connectivity index (χ2n) is 7.06. The van der Waals surface area contributed by atoms with Crippen molar-refractivity contribution in [3.05, 3.63) is 87.8 Å². The summed E-state index contributed by atoms with van der Waals surface area (Å²) in [6.45, 7) is 1.65. The summed E-state index contributed by atoms with van der Waals surface area (Å²) >= 11 is 6.05. The maximum atomic E-state index is 14.6. The van der Waals surface area contributed by atoms with Gasteiger partial charge in [-0.05, 0) is 49.4 Å². The molecule has 1 atom stereocenters. The van der Waals surface area contributed by atoms with Gasteiger partial charge < -0.3 is 14.3 Å². The number of nitrogens with zero attached hydrogens (tertiary/aromatic N) is 1. The molecule has 4 rings (SSSR count). The molecule has 9 heteroatoms. The zero-order valence-electron chi connectivity index (χ0n) is 16.9. The van der Waals surface area contributed by atoms with Gasteiger partial charge in [0.2, 0.25) is 0 Å². The minimum absolute atomic E-state index is 0.0610. The largest absolute Gasteiger partial charge is 0.507 e. The standard InChI is InChI=1S/C23H16ClF2NO5/c1-11-3-7-18(32-11)20-19(21(28)14-9-12(24)4-8-17(14)31-2)22(29)23(30)27(20)16-6-5-13(25)10-15(16)26/h3-10,20,28H,1-2H3/b21-19-. The van der Waals surface area contributed by atoms with Gasteiger partial charge in [-0.2, -0.15) is 0 Å². The molecule has 1 N–H and O–H groups in total. The number of ketones is 1. The van der Waals surface area contributed by atoms with Crippen molar-refractivity contribution in [2.24, 2.45) is 0 Å². The van der Waals surface area contributed by atoms with Crippen molar-refractivity contribution in [1.29, 1.82) is 0 Å². The molecule has 2 heterocycles. The highest BCUT2D eigenvalue weighted by molar-refractivity contribution is 6.51. The van der Waals surface area contributed by atoms with Crippen LogP contribution in [0, 0.1) is 18.6 Å². The van der Waals surface area contributed by atoms with E-state index in [1.807, 2.05) is 0 Å². The molecule has 0 spiro atoms. The molecule has 1 saturated heterocycles. The lowest BCUT2D eigenvalue weighted by molar-refractivity contribution is -0.132. The fourth-order valence-corrected chi connectivity index (χ4v) is 3.81. The van der Waals surface area contributed by atoms with Gasteiger partial charge in [-0.3, -0.25) is 14.5 Å². The van der Waals surface area contributed by atoms with E-state index in [4.69, 9.17) is 20.8 Å². The Morgan fingerprint density at radius 2 is 1.88 bits per heavy atom. The van der Waals surface area contributed by atoms with Crippen LogP contribution >= 0.6 is 11.6 Å². The number of methoxy groups -OCH3 is 1. The van der Waals surface area contributed by atoms with Gasteiger partial charge in [-0.1, -0.05) is 11.6 Å². The number of carbonyl (C=O) groups is 2. The maximum absolute atomic E-state index is 14.6. The Morgan fingerprint density at radius 3 is 2.50 bits per heavy atom. The summed E-state index contributed by atoms with van der Waals surface area (Å²) in [6, 6.07) is 8.76. The highest BCUT2D eigenvalue weighted by Gasteiger charge is 2.49. The first-order chi connectivity index (χ1) is 15.2. The second-order valence-corrected chi connectivity index (χ2v) is 7.49. The zero-order chi connectivity index (χ0) is 23.2.